The summed E-state index contributed by atoms with van der Waals surface area (Å²) in [5.41, 5.74) is 29.0. The maximum absolute atomic E-state index is 6.07. The molecule has 0 spiro atoms. The second kappa shape index (κ2) is 6.93. The number of aromatic nitrogens is 1. The van der Waals surface area contributed by atoms with Gasteiger partial charge in [-0.15, -0.1) is 0 Å². The molecular formula is C28H23N5. The second-order valence-electron chi connectivity index (χ2n) is 8.47. The van der Waals surface area contributed by atoms with Crippen LogP contribution in [-0.4, -0.2) is 4.98 Å². The first-order chi connectivity index (χ1) is 16.0. The smallest absolute Gasteiger partial charge is 0.0466 e. The average Bonchev–Trinajstić information content (AvgIpc) is 3.17. The third kappa shape index (κ3) is 2.94. The van der Waals surface area contributed by atoms with Crippen molar-refractivity contribution in [2.45, 2.75) is 0 Å². The Morgan fingerprint density at radius 1 is 0.424 bits per heavy atom. The molecule has 1 aromatic heterocycles. The molecule has 7 rings (SSSR count). The van der Waals surface area contributed by atoms with E-state index in [1.165, 1.54) is 21.5 Å². The third-order valence-electron chi connectivity index (χ3n) is 6.38. The van der Waals surface area contributed by atoms with Gasteiger partial charge in [-0.25, -0.2) is 0 Å². The Kier molecular flexibility index (Phi) is 4.01. The molecule has 1 heterocycles. The van der Waals surface area contributed by atoms with Gasteiger partial charge in [-0.2, -0.15) is 0 Å². The van der Waals surface area contributed by atoms with Crippen LogP contribution in [0, 0.1) is 0 Å². The molecule has 0 fully saturated rings. The van der Waals surface area contributed by atoms with Gasteiger partial charge in [0.15, 0.2) is 0 Å². The third-order valence-corrected chi connectivity index (χ3v) is 6.38. The standard InChI is InChI=1S/C16H12N2.C12H11N3/c17-13-7-3-9-1-2-10-4-8-14(18)12-6-5-11(13)15(9)16(10)12;13-7-1-3-11-9(5-7)10-6-8(14)2-4-12(10)15-11/h1-8H,17-18H2;1-6,15H,13-14H2. The minimum atomic E-state index is 0.769. The van der Waals surface area contributed by atoms with Crippen molar-refractivity contribution in [2.75, 3.05) is 22.9 Å². The van der Waals surface area contributed by atoms with Gasteiger partial charge >= 0.3 is 0 Å². The van der Waals surface area contributed by atoms with E-state index in [4.69, 9.17) is 22.9 Å². The predicted molar refractivity (Wildman–Crippen MR) is 144 cm³/mol. The van der Waals surface area contributed by atoms with Crippen LogP contribution < -0.4 is 22.9 Å². The van der Waals surface area contributed by atoms with Crippen LogP contribution in [0.3, 0.4) is 0 Å². The second-order valence-corrected chi connectivity index (χ2v) is 8.47. The van der Waals surface area contributed by atoms with E-state index in [-0.39, 0.29) is 0 Å². The van der Waals surface area contributed by atoms with Crippen LogP contribution in [-0.2, 0) is 0 Å². The summed E-state index contributed by atoms with van der Waals surface area (Å²) in [5, 5.41) is 9.32. The van der Waals surface area contributed by atoms with Gasteiger partial charge in [0.2, 0.25) is 0 Å². The van der Waals surface area contributed by atoms with Gasteiger partial charge in [-0.05, 0) is 70.1 Å². The van der Waals surface area contributed by atoms with Crippen LogP contribution in [0.15, 0.2) is 84.9 Å². The van der Waals surface area contributed by atoms with Crippen molar-refractivity contribution in [3.8, 4) is 0 Å². The van der Waals surface area contributed by atoms with E-state index in [1.807, 2.05) is 48.5 Å². The first-order valence-corrected chi connectivity index (χ1v) is 10.8. The first kappa shape index (κ1) is 19.1. The lowest BCUT2D eigenvalue weighted by Crippen LogP contribution is -1.92. The van der Waals surface area contributed by atoms with Crippen LogP contribution in [0.1, 0.15) is 0 Å². The zero-order valence-electron chi connectivity index (χ0n) is 17.9. The molecule has 0 amide bonds. The number of hydrogen-bond acceptors (Lipinski definition) is 4. The summed E-state index contributed by atoms with van der Waals surface area (Å²) in [4.78, 5) is 3.32. The molecule has 7 aromatic rings. The van der Waals surface area contributed by atoms with E-state index in [2.05, 4.69) is 41.4 Å². The molecule has 33 heavy (non-hydrogen) atoms. The average molecular weight is 430 g/mol. The molecule has 0 saturated carbocycles. The number of nitrogens with two attached hydrogens (primary N) is 4. The molecule has 0 radical (unpaired) electrons. The quantitative estimate of drug-likeness (QED) is 0.145. The van der Waals surface area contributed by atoms with Crippen molar-refractivity contribution in [2.24, 2.45) is 0 Å². The van der Waals surface area contributed by atoms with Crippen molar-refractivity contribution in [1.82, 2.24) is 4.98 Å². The molecule has 160 valence electrons. The summed E-state index contributed by atoms with van der Waals surface area (Å²) in [6.07, 6.45) is 0. The maximum atomic E-state index is 6.07. The number of benzene rings is 6. The topological polar surface area (TPSA) is 120 Å². The van der Waals surface area contributed by atoms with Crippen molar-refractivity contribution in [1.29, 1.82) is 0 Å². The molecule has 0 aliphatic carbocycles. The molecule has 0 bridgehead atoms. The van der Waals surface area contributed by atoms with E-state index < -0.39 is 0 Å². The normalized spacial score (nSPS) is 11.5. The molecular weight excluding hydrogens is 406 g/mol. The lowest BCUT2D eigenvalue weighted by atomic mass is 9.93. The minimum Gasteiger partial charge on any atom is -0.399 e. The zero-order chi connectivity index (χ0) is 22.7. The SMILES string of the molecule is Nc1ccc2[nH]c3ccc(N)cc3c2c1.Nc1ccc2ccc3ccc(N)c4ccc1c2c34. The Morgan fingerprint density at radius 2 is 0.848 bits per heavy atom. The van der Waals surface area contributed by atoms with Crippen molar-refractivity contribution in [3.05, 3.63) is 84.9 Å². The van der Waals surface area contributed by atoms with Crippen molar-refractivity contribution in [3.63, 3.8) is 0 Å². The molecule has 5 nitrogen and oxygen atoms in total. The summed E-state index contributed by atoms with van der Waals surface area (Å²) in [5.74, 6) is 0. The van der Waals surface area contributed by atoms with Gasteiger partial charge in [-0.1, -0.05) is 36.4 Å². The summed E-state index contributed by atoms with van der Waals surface area (Å²) in [7, 11) is 0. The Balaban J connectivity index is 0.000000127. The predicted octanol–water partition coefficient (Wildman–Crippen LogP) is 6.23. The Labute approximate surface area is 189 Å². The van der Waals surface area contributed by atoms with Gasteiger partial charge in [0, 0.05) is 55.3 Å². The van der Waals surface area contributed by atoms with E-state index >= 15 is 0 Å². The largest absolute Gasteiger partial charge is 0.399 e. The van der Waals surface area contributed by atoms with Crippen LogP contribution >= 0.6 is 0 Å². The molecule has 0 aliphatic heterocycles. The highest BCUT2D eigenvalue weighted by Crippen LogP contribution is 2.38. The number of nitrogen functional groups attached to an aromatic ring is 4. The highest BCUT2D eigenvalue weighted by atomic mass is 14.7. The van der Waals surface area contributed by atoms with Crippen LogP contribution in [0.2, 0.25) is 0 Å². The van der Waals surface area contributed by atoms with Gasteiger partial charge < -0.3 is 27.9 Å². The first-order valence-electron chi connectivity index (χ1n) is 10.8. The van der Waals surface area contributed by atoms with Gasteiger partial charge in [0.05, 0.1) is 0 Å². The Morgan fingerprint density at radius 3 is 1.30 bits per heavy atom. The zero-order valence-corrected chi connectivity index (χ0v) is 17.9. The number of H-pyrrole nitrogens is 1. The van der Waals surface area contributed by atoms with E-state index in [9.17, 15) is 0 Å². The maximum Gasteiger partial charge on any atom is 0.0466 e. The number of fused-ring (bicyclic) bond motifs is 3. The van der Waals surface area contributed by atoms with E-state index in [0.717, 1.165) is 55.3 Å². The molecule has 5 heteroatoms. The van der Waals surface area contributed by atoms with Crippen LogP contribution in [0.25, 0.3) is 54.1 Å². The number of nitrogens with one attached hydrogen (secondary N) is 1. The van der Waals surface area contributed by atoms with Gasteiger partial charge in [0.25, 0.3) is 0 Å². The van der Waals surface area contributed by atoms with E-state index in [0.29, 0.717) is 0 Å². The van der Waals surface area contributed by atoms with Crippen LogP contribution in [0.4, 0.5) is 22.7 Å². The number of aromatic amines is 1. The lowest BCUT2D eigenvalue weighted by Gasteiger charge is -2.13. The lowest BCUT2D eigenvalue weighted by molar-refractivity contribution is 1.54. The highest BCUT2D eigenvalue weighted by Gasteiger charge is 2.10. The number of rotatable bonds is 0. The molecule has 6 aromatic carbocycles. The Bertz CT molecular complexity index is 1680. The fourth-order valence-corrected chi connectivity index (χ4v) is 4.78. The summed E-state index contributed by atoms with van der Waals surface area (Å²) in [6, 6.07) is 28.2. The molecule has 0 atom stereocenters. The molecule has 0 saturated heterocycles. The molecule has 9 N–H and O–H groups in total. The molecule has 0 aliphatic rings. The van der Waals surface area contributed by atoms with Crippen molar-refractivity contribution < 1.29 is 0 Å². The summed E-state index contributed by atoms with van der Waals surface area (Å²) in [6.45, 7) is 0. The van der Waals surface area contributed by atoms with Gasteiger partial charge in [-0.3, -0.25) is 0 Å². The number of anilines is 4. The Hall–Kier alpha value is -4.64. The monoisotopic (exact) mass is 429 g/mol. The summed E-state index contributed by atoms with van der Waals surface area (Å²) < 4.78 is 0. The fraction of sp³-hybridized carbons (Fsp3) is 0. The molecule has 0 unspecified atom stereocenters. The highest BCUT2D eigenvalue weighted by molar-refractivity contribution is 6.26. The fourth-order valence-electron chi connectivity index (χ4n) is 4.78. The van der Waals surface area contributed by atoms with Gasteiger partial charge in [0.1, 0.15) is 0 Å². The number of hydrogen-bond donors (Lipinski definition) is 5. The van der Waals surface area contributed by atoms with E-state index in [1.54, 1.807) is 0 Å². The summed E-state index contributed by atoms with van der Waals surface area (Å²) >= 11 is 0. The minimum absolute atomic E-state index is 0.769. The van der Waals surface area contributed by atoms with Crippen LogP contribution in [0.5, 0.6) is 0 Å². The van der Waals surface area contributed by atoms with Crippen molar-refractivity contribution >= 4 is 76.9 Å².